The second-order valence-corrected chi connectivity index (χ2v) is 9.94. The second-order valence-electron chi connectivity index (χ2n) is 9.94. The van der Waals surface area contributed by atoms with Crippen molar-refractivity contribution in [1.82, 2.24) is 14.9 Å². The highest BCUT2D eigenvalue weighted by atomic mass is 19.4. The first kappa shape index (κ1) is 28.7. The van der Waals surface area contributed by atoms with E-state index in [1.165, 1.54) is 31.4 Å². The molecule has 1 fully saturated rings. The predicted octanol–water partition coefficient (Wildman–Crippen LogP) is 6.16. The lowest BCUT2D eigenvalue weighted by Gasteiger charge is -2.32. The third-order valence-electron chi connectivity index (χ3n) is 7.07. The number of halogens is 3. The van der Waals surface area contributed by atoms with E-state index in [2.05, 4.69) is 25.5 Å². The number of ether oxygens (including phenoxy) is 1. The number of non-ortho nitro benzene ring substituents is 1. The van der Waals surface area contributed by atoms with Gasteiger partial charge in [0.05, 0.1) is 28.7 Å². The molecule has 1 saturated heterocycles. The zero-order chi connectivity index (χ0) is 29.9. The number of nitrogens with one attached hydrogen (secondary N) is 2. The summed E-state index contributed by atoms with van der Waals surface area (Å²) in [4.78, 5) is 34.1. The van der Waals surface area contributed by atoms with Crippen LogP contribution in [0.2, 0.25) is 0 Å². The number of esters is 1. The van der Waals surface area contributed by atoms with Gasteiger partial charge in [-0.25, -0.2) is 9.78 Å². The number of carbonyl (C=O) groups excluding carboxylic acids is 1. The maximum absolute atomic E-state index is 12.8. The van der Waals surface area contributed by atoms with Crippen molar-refractivity contribution in [3.05, 3.63) is 93.5 Å². The first-order valence-electron chi connectivity index (χ1n) is 13.2. The number of methoxy groups -OCH3 is 1. The number of nitro benzene ring substituents is 1. The number of anilines is 3. The van der Waals surface area contributed by atoms with Crippen molar-refractivity contribution in [3.63, 3.8) is 0 Å². The van der Waals surface area contributed by atoms with Crippen molar-refractivity contribution in [2.45, 2.75) is 31.6 Å². The van der Waals surface area contributed by atoms with E-state index in [1.54, 1.807) is 30.3 Å². The van der Waals surface area contributed by atoms with Gasteiger partial charge in [-0.3, -0.25) is 15.0 Å². The van der Waals surface area contributed by atoms with Gasteiger partial charge in [-0.1, -0.05) is 12.1 Å². The average Bonchev–Trinajstić information content (AvgIpc) is 2.98. The molecule has 42 heavy (non-hydrogen) atoms. The summed E-state index contributed by atoms with van der Waals surface area (Å²) in [5.41, 5.74) is 1.54. The third-order valence-corrected chi connectivity index (χ3v) is 7.07. The summed E-state index contributed by atoms with van der Waals surface area (Å²) in [6.07, 6.45) is -2.83. The molecular formula is C29H27F3N6O4. The molecule has 0 unspecified atom stereocenters. The number of piperidine rings is 1. The monoisotopic (exact) mass is 580 g/mol. The summed E-state index contributed by atoms with van der Waals surface area (Å²) in [5.74, 6) is 0.240. The molecule has 0 radical (unpaired) electrons. The Morgan fingerprint density at radius 2 is 1.74 bits per heavy atom. The molecule has 0 spiro atoms. The van der Waals surface area contributed by atoms with E-state index in [4.69, 9.17) is 4.74 Å². The summed E-state index contributed by atoms with van der Waals surface area (Å²) < 4.78 is 43.3. The average molecular weight is 581 g/mol. The van der Waals surface area contributed by atoms with Gasteiger partial charge < -0.3 is 15.4 Å². The van der Waals surface area contributed by atoms with Gasteiger partial charge in [0, 0.05) is 48.9 Å². The number of alkyl halides is 3. The largest absolute Gasteiger partial charge is 0.465 e. The lowest BCUT2D eigenvalue weighted by molar-refractivity contribution is -0.384. The van der Waals surface area contributed by atoms with Gasteiger partial charge in [-0.2, -0.15) is 18.2 Å². The molecule has 1 aromatic heterocycles. The maximum Gasteiger partial charge on any atom is 0.416 e. The Balaban J connectivity index is 1.29. The van der Waals surface area contributed by atoms with E-state index < -0.39 is 22.6 Å². The summed E-state index contributed by atoms with van der Waals surface area (Å²) in [6.45, 7) is 2.02. The van der Waals surface area contributed by atoms with E-state index in [0.717, 1.165) is 43.6 Å². The van der Waals surface area contributed by atoms with Crippen LogP contribution < -0.4 is 10.6 Å². The van der Waals surface area contributed by atoms with E-state index in [1.807, 2.05) is 0 Å². The minimum atomic E-state index is -4.35. The molecule has 0 atom stereocenters. The van der Waals surface area contributed by atoms with Crippen molar-refractivity contribution < 1.29 is 27.6 Å². The lowest BCUT2D eigenvalue weighted by Crippen LogP contribution is -2.39. The van der Waals surface area contributed by atoms with Crippen LogP contribution in [0.4, 0.5) is 36.3 Å². The Hall–Kier alpha value is -4.78. The smallest absolute Gasteiger partial charge is 0.416 e. The van der Waals surface area contributed by atoms with Gasteiger partial charge in [0.1, 0.15) is 5.82 Å². The number of hydrogen-bond donors (Lipinski definition) is 2. The highest BCUT2D eigenvalue weighted by molar-refractivity contribution is 5.94. The minimum absolute atomic E-state index is 0.0524. The van der Waals surface area contributed by atoms with Crippen molar-refractivity contribution in [2.24, 2.45) is 0 Å². The Bertz CT molecular complexity index is 1590. The summed E-state index contributed by atoms with van der Waals surface area (Å²) in [6, 6.07) is 16.2. The summed E-state index contributed by atoms with van der Waals surface area (Å²) in [5, 5.41) is 18.4. The first-order valence-corrected chi connectivity index (χ1v) is 13.2. The maximum atomic E-state index is 12.8. The molecule has 13 heteroatoms. The summed E-state index contributed by atoms with van der Waals surface area (Å²) in [7, 11) is 1.30. The van der Waals surface area contributed by atoms with Crippen molar-refractivity contribution in [3.8, 4) is 0 Å². The van der Waals surface area contributed by atoms with Crippen LogP contribution in [-0.2, 0) is 17.5 Å². The molecule has 5 rings (SSSR count). The van der Waals surface area contributed by atoms with Crippen LogP contribution in [0.3, 0.4) is 0 Å². The van der Waals surface area contributed by atoms with Crippen LogP contribution in [0, 0.1) is 10.1 Å². The minimum Gasteiger partial charge on any atom is -0.465 e. The summed E-state index contributed by atoms with van der Waals surface area (Å²) >= 11 is 0. The Morgan fingerprint density at radius 3 is 2.36 bits per heavy atom. The molecule has 0 aliphatic carbocycles. The number of hydrogen-bond acceptors (Lipinski definition) is 9. The third kappa shape index (κ3) is 6.74. The fraction of sp³-hybridized carbons (Fsp3) is 0.276. The number of likely N-dealkylation sites (tertiary alicyclic amines) is 1. The van der Waals surface area contributed by atoms with E-state index in [9.17, 15) is 28.1 Å². The predicted molar refractivity (Wildman–Crippen MR) is 151 cm³/mol. The second kappa shape index (κ2) is 12.0. The quantitative estimate of drug-likeness (QED) is 0.143. The zero-order valence-corrected chi connectivity index (χ0v) is 22.5. The standard InChI is InChI=1S/C29H27F3N6O4/c1-42-27(39)19-4-8-21(9-5-19)33-26-24-16-23(38(40)41)10-11-25(24)35-28(36-26)34-22-12-14-37(15-13-22)17-18-2-6-20(7-3-18)29(30,31)32/h2-11,16,22H,12-15,17H2,1H3,(H2,33,34,35,36). The highest BCUT2D eigenvalue weighted by Crippen LogP contribution is 2.31. The van der Waals surface area contributed by atoms with Crippen LogP contribution in [0.5, 0.6) is 0 Å². The van der Waals surface area contributed by atoms with Crippen molar-refractivity contribution >= 4 is 40.0 Å². The van der Waals surface area contributed by atoms with Gasteiger partial charge in [0.2, 0.25) is 5.95 Å². The number of benzene rings is 3. The van der Waals surface area contributed by atoms with Gasteiger partial charge in [-0.15, -0.1) is 0 Å². The van der Waals surface area contributed by atoms with Gasteiger partial charge >= 0.3 is 12.1 Å². The SMILES string of the molecule is COC(=O)c1ccc(Nc2nc(NC3CCN(Cc4ccc(C(F)(F)F)cc4)CC3)nc3ccc([N+](=O)[O-])cc23)cc1. The van der Waals surface area contributed by atoms with Gasteiger partial charge in [0.15, 0.2) is 0 Å². The Labute approximate surface area is 238 Å². The number of fused-ring (bicyclic) bond motifs is 1. The van der Waals surface area contributed by atoms with Crippen LogP contribution >= 0.6 is 0 Å². The van der Waals surface area contributed by atoms with E-state index >= 15 is 0 Å². The molecule has 10 nitrogen and oxygen atoms in total. The molecular weight excluding hydrogens is 553 g/mol. The van der Waals surface area contributed by atoms with Crippen LogP contribution in [0.15, 0.2) is 66.7 Å². The zero-order valence-electron chi connectivity index (χ0n) is 22.5. The molecule has 0 bridgehead atoms. The molecule has 0 saturated carbocycles. The molecule has 2 heterocycles. The molecule has 0 amide bonds. The normalized spacial score (nSPS) is 14.5. The number of nitro groups is 1. The number of carbonyl (C=O) groups is 1. The fourth-order valence-electron chi connectivity index (χ4n) is 4.81. The molecule has 1 aliphatic heterocycles. The van der Waals surface area contributed by atoms with Gasteiger partial charge in [0.25, 0.3) is 5.69 Å². The highest BCUT2D eigenvalue weighted by Gasteiger charge is 2.30. The molecule has 218 valence electrons. The molecule has 4 aromatic rings. The molecule has 3 aromatic carbocycles. The molecule has 2 N–H and O–H groups in total. The Morgan fingerprint density at radius 1 is 1.05 bits per heavy atom. The first-order chi connectivity index (χ1) is 20.1. The number of aromatic nitrogens is 2. The van der Waals surface area contributed by atoms with Crippen molar-refractivity contribution in [2.75, 3.05) is 30.8 Å². The number of nitrogens with zero attached hydrogens (tertiary/aromatic N) is 4. The number of rotatable bonds is 8. The van der Waals surface area contributed by atoms with Crippen LogP contribution in [0.25, 0.3) is 10.9 Å². The Kier molecular flexibility index (Phi) is 8.20. The van der Waals surface area contributed by atoms with E-state index in [-0.39, 0.29) is 11.7 Å². The van der Waals surface area contributed by atoms with Crippen LogP contribution in [-0.4, -0.2) is 52.0 Å². The lowest BCUT2D eigenvalue weighted by atomic mass is 10.0. The van der Waals surface area contributed by atoms with Crippen molar-refractivity contribution in [1.29, 1.82) is 0 Å². The topological polar surface area (TPSA) is 123 Å². The van der Waals surface area contributed by atoms with E-state index in [0.29, 0.717) is 40.5 Å². The fourth-order valence-corrected chi connectivity index (χ4v) is 4.81. The van der Waals surface area contributed by atoms with Gasteiger partial charge in [-0.05, 0) is 60.9 Å². The van der Waals surface area contributed by atoms with Crippen LogP contribution in [0.1, 0.15) is 34.3 Å². The molecule has 1 aliphatic rings.